The van der Waals surface area contributed by atoms with E-state index in [2.05, 4.69) is 0 Å². The van der Waals surface area contributed by atoms with Crippen molar-refractivity contribution in [2.45, 2.75) is 19.2 Å². The summed E-state index contributed by atoms with van der Waals surface area (Å²) >= 11 is 5.61. The number of hydrogen-bond donors (Lipinski definition) is 0. The quantitative estimate of drug-likeness (QED) is 0.530. The van der Waals surface area contributed by atoms with E-state index in [1.165, 1.54) is 18.2 Å². The lowest BCUT2D eigenvalue weighted by atomic mass is 10.1. The zero-order chi connectivity index (χ0) is 10.0. The van der Waals surface area contributed by atoms with Crippen LogP contribution in [0.15, 0.2) is 18.2 Å². The monoisotopic (exact) mass is 200 g/mol. The van der Waals surface area contributed by atoms with Crippen molar-refractivity contribution in [1.29, 1.82) is 0 Å². The van der Waals surface area contributed by atoms with Gasteiger partial charge in [-0.3, -0.25) is 4.79 Å². The van der Waals surface area contributed by atoms with Crippen LogP contribution in [0.1, 0.15) is 22.8 Å². The molecule has 0 bridgehead atoms. The molecule has 1 nitrogen and oxygen atoms in total. The summed E-state index contributed by atoms with van der Waals surface area (Å²) in [6, 6.07) is 4.24. The molecule has 70 valence electrons. The number of ketones is 1. The Kier molecular flexibility index (Phi) is 3.04. The summed E-state index contributed by atoms with van der Waals surface area (Å²) in [5.41, 5.74) is 0.921. The first-order valence-electron chi connectivity index (χ1n) is 3.97. The number of benzene rings is 1. The average Bonchev–Trinajstić information content (AvgIpc) is 2.08. The molecule has 0 spiro atoms. The van der Waals surface area contributed by atoms with Gasteiger partial charge in [0.1, 0.15) is 5.82 Å². The Morgan fingerprint density at radius 1 is 1.54 bits per heavy atom. The number of halogens is 2. The van der Waals surface area contributed by atoms with Crippen molar-refractivity contribution in [2.24, 2.45) is 0 Å². The van der Waals surface area contributed by atoms with Crippen molar-refractivity contribution in [1.82, 2.24) is 0 Å². The number of carbonyl (C=O) groups excluding carboxylic acids is 1. The molecule has 0 fully saturated rings. The second-order valence-electron chi connectivity index (χ2n) is 2.94. The molecule has 0 aliphatic carbocycles. The van der Waals surface area contributed by atoms with E-state index in [9.17, 15) is 9.18 Å². The van der Waals surface area contributed by atoms with E-state index >= 15 is 0 Å². The molecule has 0 aliphatic rings. The number of carbonyl (C=O) groups is 1. The highest BCUT2D eigenvalue weighted by atomic mass is 35.5. The van der Waals surface area contributed by atoms with Crippen molar-refractivity contribution in [3.8, 4) is 0 Å². The number of rotatable bonds is 2. The van der Waals surface area contributed by atoms with Crippen LogP contribution in [0.5, 0.6) is 0 Å². The largest absolute Gasteiger partial charge is 0.293 e. The third kappa shape index (κ3) is 2.28. The van der Waals surface area contributed by atoms with Crippen LogP contribution < -0.4 is 0 Å². The Morgan fingerprint density at radius 2 is 2.15 bits per heavy atom. The molecular formula is C10H10ClFO. The lowest BCUT2D eigenvalue weighted by Crippen LogP contribution is -2.10. The maximum absolute atomic E-state index is 12.8. The number of hydrogen-bond acceptors (Lipinski definition) is 1. The summed E-state index contributed by atoms with van der Waals surface area (Å²) in [6.45, 7) is 3.22. The summed E-state index contributed by atoms with van der Waals surface area (Å²) in [5.74, 6) is -0.483. The fourth-order valence-corrected chi connectivity index (χ4v) is 1.15. The van der Waals surface area contributed by atoms with Crippen LogP contribution in [-0.4, -0.2) is 11.2 Å². The normalized spacial score (nSPS) is 12.6. The molecule has 1 aromatic carbocycles. The highest BCUT2D eigenvalue weighted by Crippen LogP contribution is 2.12. The molecule has 1 rings (SSSR count). The first-order valence-corrected chi connectivity index (χ1v) is 4.40. The van der Waals surface area contributed by atoms with Crippen molar-refractivity contribution in [3.05, 3.63) is 35.1 Å². The number of alkyl halides is 1. The lowest BCUT2D eigenvalue weighted by Gasteiger charge is -2.03. The van der Waals surface area contributed by atoms with E-state index in [4.69, 9.17) is 11.6 Å². The minimum absolute atomic E-state index is 0.176. The molecular weight excluding hydrogens is 191 g/mol. The third-order valence-electron chi connectivity index (χ3n) is 1.80. The van der Waals surface area contributed by atoms with Gasteiger partial charge in [-0.2, -0.15) is 0 Å². The van der Waals surface area contributed by atoms with Crippen LogP contribution in [0.3, 0.4) is 0 Å². The van der Waals surface area contributed by atoms with Gasteiger partial charge in [-0.15, -0.1) is 11.6 Å². The second-order valence-corrected chi connectivity index (χ2v) is 3.60. The zero-order valence-electron chi connectivity index (χ0n) is 7.47. The van der Waals surface area contributed by atoms with Gasteiger partial charge in [0.25, 0.3) is 0 Å². The molecule has 0 heterocycles. The predicted molar refractivity (Wildman–Crippen MR) is 50.8 cm³/mol. The summed E-state index contributed by atoms with van der Waals surface area (Å²) in [5, 5.41) is -0.565. The highest BCUT2D eigenvalue weighted by Gasteiger charge is 2.12. The van der Waals surface area contributed by atoms with E-state index in [1.807, 2.05) is 0 Å². The Morgan fingerprint density at radius 3 is 2.62 bits per heavy atom. The van der Waals surface area contributed by atoms with Gasteiger partial charge in [-0.1, -0.05) is 0 Å². The molecule has 0 radical (unpaired) electrons. The Labute approximate surface area is 81.5 Å². The maximum Gasteiger partial charge on any atom is 0.180 e. The first kappa shape index (κ1) is 10.2. The van der Waals surface area contributed by atoms with Crippen molar-refractivity contribution < 1.29 is 9.18 Å². The molecule has 0 saturated carbocycles. The van der Waals surface area contributed by atoms with Crippen LogP contribution in [0.4, 0.5) is 4.39 Å². The van der Waals surface area contributed by atoms with E-state index < -0.39 is 5.38 Å². The van der Waals surface area contributed by atoms with Gasteiger partial charge >= 0.3 is 0 Å². The summed E-state index contributed by atoms with van der Waals surface area (Å²) in [4.78, 5) is 11.4. The van der Waals surface area contributed by atoms with Gasteiger partial charge in [0.05, 0.1) is 5.38 Å². The summed E-state index contributed by atoms with van der Waals surface area (Å²) < 4.78 is 12.8. The van der Waals surface area contributed by atoms with Gasteiger partial charge < -0.3 is 0 Å². The molecule has 0 N–H and O–H groups in total. The van der Waals surface area contributed by atoms with Gasteiger partial charge in [0.2, 0.25) is 0 Å². The van der Waals surface area contributed by atoms with Crippen LogP contribution >= 0.6 is 11.6 Å². The molecule has 0 amide bonds. The average molecular weight is 201 g/mol. The molecule has 0 saturated heterocycles. The van der Waals surface area contributed by atoms with Crippen LogP contribution in [0, 0.1) is 12.7 Å². The smallest absolute Gasteiger partial charge is 0.180 e. The van der Waals surface area contributed by atoms with Crippen LogP contribution in [-0.2, 0) is 0 Å². The van der Waals surface area contributed by atoms with Gasteiger partial charge in [-0.05, 0) is 37.6 Å². The van der Waals surface area contributed by atoms with Gasteiger partial charge in [0, 0.05) is 5.56 Å². The zero-order valence-corrected chi connectivity index (χ0v) is 8.23. The second kappa shape index (κ2) is 3.88. The lowest BCUT2D eigenvalue weighted by molar-refractivity contribution is 0.0991. The molecule has 0 aliphatic heterocycles. The minimum atomic E-state index is -0.565. The fraction of sp³-hybridized carbons (Fsp3) is 0.300. The van der Waals surface area contributed by atoms with E-state index in [0.717, 1.165) is 0 Å². The molecule has 13 heavy (non-hydrogen) atoms. The molecule has 0 aromatic heterocycles. The predicted octanol–water partition coefficient (Wildman–Crippen LogP) is 2.94. The Hall–Kier alpha value is -0.890. The number of Topliss-reactive ketones (excluding diaryl/α,β-unsaturated/α-hetero) is 1. The molecule has 1 atom stereocenters. The molecule has 3 heteroatoms. The van der Waals surface area contributed by atoms with Gasteiger partial charge in [-0.25, -0.2) is 4.39 Å². The van der Waals surface area contributed by atoms with Crippen LogP contribution in [0.25, 0.3) is 0 Å². The standard InChI is InChI=1S/C10H10ClFO/c1-6-5-8(3-4-9(6)12)10(13)7(2)11/h3-5,7H,1-2H3. The Bertz CT molecular complexity index is 334. The SMILES string of the molecule is Cc1cc(C(=O)C(C)Cl)ccc1F. The topological polar surface area (TPSA) is 17.1 Å². The molecule has 1 unspecified atom stereocenters. The third-order valence-corrected chi connectivity index (χ3v) is 2.00. The minimum Gasteiger partial charge on any atom is -0.293 e. The van der Waals surface area contributed by atoms with Gasteiger partial charge in [0.15, 0.2) is 5.78 Å². The first-order chi connectivity index (χ1) is 6.02. The van der Waals surface area contributed by atoms with E-state index in [0.29, 0.717) is 11.1 Å². The highest BCUT2D eigenvalue weighted by molar-refractivity contribution is 6.33. The van der Waals surface area contributed by atoms with Crippen molar-refractivity contribution >= 4 is 17.4 Å². The number of aryl methyl sites for hydroxylation is 1. The summed E-state index contributed by atoms with van der Waals surface area (Å²) in [7, 11) is 0. The van der Waals surface area contributed by atoms with Crippen molar-refractivity contribution in [2.75, 3.05) is 0 Å². The Balaban J connectivity index is 3.04. The van der Waals surface area contributed by atoms with E-state index in [1.54, 1.807) is 13.8 Å². The molecule has 1 aromatic rings. The van der Waals surface area contributed by atoms with Crippen LogP contribution in [0.2, 0.25) is 0 Å². The maximum atomic E-state index is 12.8. The fourth-order valence-electron chi connectivity index (χ4n) is 1.03. The van der Waals surface area contributed by atoms with E-state index in [-0.39, 0.29) is 11.6 Å². The summed E-state index contributed by atoms with van der Waals surface area (Å²) in [6.07, 6.45) is 0. The van der Waals surface area contributed by atoms with Crippen molar-refractivity contribution in [3.63, 3.8) is 0 Å².